The number of benzene rings is 1. The number of halogens is 1. The Morgan fingerprint density at radius 3 is 2.48 bits per heavy atom. The highest BCUT2D eigenvalue weighted by Gasteiger charge is 2.19. The van der Waals surface area contributed by atoms with Crippen LogP contribution >= 0.6 is 34.7 Å². The van der Waals surface area contributed by atoms with Crippen molar-refractivity contribution in [3.8, 4) is 0 Å². The number of hydrogen-bond acceptors (Lipinski definition) is 6. The summed E-state index contributed by atoms with van der Waals surface area (Å²) in [6.45, 7) is 0. The van der Waals surface area contributed by atoms with Gasteiger partial charge in [-0.3, -0.25) is 10.1 Å². The lowest BCUT2D eigenvalue weighted by molar-refractivity contribution is -0.111. The number of nitrogens with one attached hydrogen (secondary N) is 1. The normalized spacial score (nSPS) is 16.3. The molecule has 1 aliphatic heterocycles. The Kier molecular flexibility index (Phi) is 6.62. The van der Waals surface area contributed by atoms with E-state index in [1.54, 1.807) is 12.1 Å². The molecule has 2 heterocycles. The number of carbonyl (C=O) groups excluding carboxylic acids is 1. The van der Waals surface area contributed by atoms with Crippen LogP contribution < -0.4 is 5.32 Å². The second-order valence-corrected chi connectivity index (χ2v) is 11.2. The minimum Gasteiger partial charge on any atom is -0.298 e. The molecule has 1 fully saturated rings. The third-order valence-electron chi connectivity index (χ3n) is 4.20. The smallest absolute Gasteiger partial charge is 0.257 e. The maximum absolute atomic E-state index is 12.9. The van der Waals surface area contributed by atoms with Gasteiger partial charge in [-0.2, -0.15) is 11.8 Å². The van der Waals surface area contributed by atoms with Crippen LogP contribution in [0.25, 0.3) is 5.57 Å². The van der Waals surface area contributed by atoms with E-state index in [9.17, 15) is 13.2 Å². The van der Waals surface area contributed by atoms with Crippen LogP contribution in [-0.4, -0.2) is 37.1 Å². The number of nitrogens with zero attached hydrogens (tertiary/aromatic N) is 1. The fourth-order valence-electron chi connectivity index (χ4n) is 2.78. The second kappa shape index (κ2) is 8.77. The number of rotatable bonds is 5. The summed E-state index contributed by atoms with van der Waals surface area (Å²) < 4.78 is 23.9. The van der Waals surface area contributed by atoms with Crippen molar-refractivity contribution in [2.75, 3.05) is 23.1 Å². The lowest BCUT2D eigenvalue weighted by atomic mass is 9.95. The van der Waals surface area contributed by atoms with E-state index in [2.05, 4.69) is 10.3 Å². The van der Waals surface area contributed by atoms with Gasteiger partial charge in [-0.05, 0) is 48.0 Å². The molecular weight excluding hydrogens is 424 g/mol. The number of thioether (sulfide) groups is 1. The van der Waals surface area contributed by atoms with E-state index in [0.29, 0.717) is 26.5 Å². The molecule has 0 radical (unpaired) electrons. The SMILES string of the molecule is CS(=O)(=O)c1ccc(C(=CC2CCSCC2)C(=O)Nc2ncc(Cl)s2)cc1. The zero-order valence-electron chi connectivity index (χ0n) is 14.6. The maximum atomic E-state index is 12.9. The molecule has 0 atom stereocenters. The van der Waals surface area contributed by atoms with Gasteiger partial charge in [0.05, 0.1) is 11.1 Å². The van der Waals surface area contributed by atoms with Crippen LogP contribution in [0.2, 0.25) is 4.34 Å². The first-order valence-corrected chi connectivity index (χ1v) is 12.6. The zero-order chi connectivity index (χ0) is 19.4. The van der Waals surface area contributed by atoms with Gasteiger partial charge in [-0.15, -0.1) is 0 Å². The molecule has 3 rings (SSSR count). The lowest BCUT2D eigenvalue weighted by Gasteiger charge is -2.19. The van der Waals surface area contributed by atoms with Crippen molar-refractivity contribution in [2.24, 2.45) is 5.92 Å². The van der Waals surface area contributed by atoms with Gasteiger partial charge >= 0.3 is 0 Å². The van der Waals surface area contributed by atoms with Crippen LogP contribution in [-0.2, 0) is 14.6 Å². The number of aromatic nitrogens is 1. The molecule has 5 nitrogen and oxygen atoms in total. The van der Waals surface area contributed by atoms with Crippen molar-refractivity contribution in [1.82, 2.24) is 4.98 Å². The lowest BCUT2D eigenvalue weighted by Crippen LogP contribution is -2.16. The van der Waals surface area contributed by atoms with Gasteiger partial charge in [-0.1, -0.05) is 41.1 Å². The average molecular weight is 443 g/mol. The molecule has 0 bridgehead atoms. The third-order valence-corrected chi connectivity index (χ3v) is 7.41. The molecular formula is C18H19ClN2O3S3. The van der Waals surface area contributed by atoms with Crippen LogP contribution in [0.15, 0.2) is 41.4 Å². The number of carbonyl (C=O) groups is 1. The third kappa shape index (κ3) is 5.57. The molecule has 1 aliphatic rings. The highest BCUT2D eigenvalue weighted by atomic mass is 35.5. The van der Waals surface area contributed by atoms with Crippen LogP contribution in [0.3, 0.4) is 0 Å². The van der Waals surface area contributed by atoms with Gasteiger partial charge in [-0.25, -0.2) is 13.4 Å². The maximum Gasteiger partial charge on any atom is 0.257 e. The molecule has 0 aliphatic carbocycles. The van der Waals surface area contributed by atoms with Crippen LogP contribution in [0.5, 0.6) is 0 Å². The van der Waals surface area contributed by atoms with Gasteiger partial charge in [0, 0.05) is 11.8 Å². The molecule has 1 amide bonds. The topological polar surface area (TPSA) is 76.1 Å². The molecule has 1 aromatic carbocycles. The Labute approximate surface area is 172 Å². The largest absolute Gasteiger partial charge is 0.298 e. The molecule has 1 N–H and O–H groups in total. The second-order valence-electron chi connectivity index (χ2n) is 6.25. The van der Waals surface area contributed by atoms with E-state index in [4.69, 9.17) is 11.6 Å². The standard InChI is InChI=1S/C18H19ClN2O3S3/c1-27(23,24)14-4-2-13(3-5-14)15(10-12-6-8-25-9-7-12)17(22)21-18-20-11-16(19)26-18/h2-5,10-12H,6-9H2,1H3,(H,20,21,22). The summed E-state index contributed by atoms with van der Waals surface area (Å²) in [7, 11) is -3.28. The molecule has 144 valence electrons. The zero-order valence-corrected chi connectivity index (χ0v) is 17.8. The molecule has 0 saturated carbocycles. The number of allylic oxidation sites excluding steroid dienone is 1. The predicted octanol–water partition coefficient (Wildman–Crippen LogP) is 4.37. The quantitative estimate of drug-likeness (QED) is 0.696. The number of sulfone groups is 1. The summed E-state index contributed by atoms with van der Waals surface area (Å²) in [5.41, 5.74) is 1.21. The highest BCUT2D eigenvalue weighted by molar-refractivity contribution is 7.99. The van der Waals surface area contributed by atoms with E-state index in [1.165, 1.54) is 29.7 Å². The summed E-state index contributed by atoms with van der Waals surface area (Å²) in [5.74, 6) is 2.20. The van der Waals surface area contributed by atoms with Crippen molar-refractivity contribution < 1.29 is 13.2 Å². The Morgan fingerprint density at radius 1 is 1.26 bits per heavy atom. The van der Waals surface area contributed by atoms with Gasteiger partial charge in [0.25, 0.3) is 5.91 Å². The van der Waals surface area contributed by atoms with Crippen molar-refractivity contribution in [1.29, 1.82) is 0 Å². The minimum atomic E-state index is -3.28. The minimum absolute atomic E-state index is 0.228. The number of amides is 1. The van der Waals surface area contributed by atoms with Gasteiger partial charge in [0.15, 0.2) is 15.0 Å². The summed E-state index contributed by atoms with van der Waals surface area (Å²) >= 11 is 9.00. The molecule has 1 aromatic heterocycles. The highest BCUT2D eigenvalue weighted by Crippen LogP contribution is 2.29. The Morgan fingerprint density at radius 2 is 1.93 bits per heavy atom. The van der Waals surface area contributed by atoms with Crippen molar-refractivity contribution in [2.45, 2.75) is 17.7 Å². The van der Waals surface area contributed by atoms with Gasteiger partial charge < -0.3 is 0 Å². The number of thiazole rings is 1. The number of hydrogen-bond donors (Lipinski definition) is 1. The van der Waals surface area contributed by atoms with E-state index in [-0.39, 0.29) is 10.8 Å². The first-order valence-electron chi connectivity index (χ1n) is 8.35. The molecule has 0 unspecified atom stereocenters. The molecule has 9 heteroatoms. The summed E-state index contributed by atoms with van der Waals surface area (Å²) in [6, 6.07) is 6.41. The van der Waals surface area contributed by atoms with Crippen LogP contribution in [0, 0.1) is 5.92 Å². The van der Waals surface area contributed by atoms with E-state index in [0.717, 1.165) is 30.6 Å². The van der Waals surface area contributed by atoms with Gasteiger partial charge in [0.1, 0.15) is 4.34 Å². The van der Waals surface area contributed by atoms with Crippen LogP contribution in [0.4, 0.5) is 5.13 Å². The number of anilines is 1. The Bertz CT molecular complexity index is 946. The fraction of sp³-hybridized carbons (Fsp3) is 0.333. The van der Waals surface area contributed by atoms with Gasteiger partial charge in [0.2, 0.25) is 0 Å². The van der Waals surface area contributed by atoms with E-state index in [1.807, 2.05) is 17.8 Å². The fourth-order valence-corrected chi connectivity index (χ4v) is 5.36. The molecule has 0 spiro atoms. The summed E-state index contributed by atoms with van der Waals surface area (Å²) in [6.07, 6.45) is 6.69. The Balaban J connectivity index is 1.91. The molecule has 27 heavy (non-hydrogen) atoms. The van der Waals surface area contributed by atoms with Crippen molar-refractivity contribution in [3.63, 3.8) is 0 Å². The van der Waals surface area contributed by atoms with Crippen molar-refractivity contribution >= 4 is 61.1 Å². The molecule has 2 aromatic rings. The van der Waals surface area contributed by atoms with E-state index < -0.39 is 9.84 Å². The molecule has 1 saturated heterocycles. The predicted molar refractivity (Wildman–Crippen MR) is 113 cm³/mol. The summed E-state index contributed by atoms with van der Waals surface area (Å²) in [5, 5.41) is 3.22. The van der Waals surface area contributed by atoms with Crippen LogP contribution in [0.1, 0.15) is 18.4 Å². The summed E-state index contributed by atoms with van der Waals surface area (Å²) in [4.78, 5) is 17.2. The monoisotopic (exact) mass is 442 g/mol. The first-order chi connectivity index (χ1) is 12.8. The van der Waals surface area contributed by atoms with E-state index >= 15 is 0 Å². The first kappa shape index (κ1) is 20.4. The Hall–Kier alpha value is -1.35. The van der Waals surface area contributed by atoms with Crippen molar-refractivity contribution in [3.05, 3.63) is 46.4 Å². The average Bonchev–Trinajstić information content (AvgIpc) is 3.04.